The molecule has 1 heterocycles. The van der Waals surface area contributed by atoms with Crippen LogP contribution in [0.25, 0.3) is 0 Å². The van der Waals surface area contributed by atoms with Gasteiger partial charge >= 0.3 is 0 Å². The Kier molecular flexibility index (Phi) is 4.22. The van der Waals surface area contributed by atoms with Crippen molar-refractivity contribution in [3.8, 4) is 0 Å². The molecule has 8 heteroatoms. The fourth-order valence-corrected chi connectivity index (χ4v) is 3.91. The highest BCUT2D eigenvalue weighted by molar-refractivity contribution is 9.11. The summed E-state index contributed by atoms with van der Waals surface area (Å²) >= 11 is 6.34. The van der Waals surface area contributed by atoms with Crippen LogP contribution in [0.15, 0.2) is 50.5 Å². The summed E-state index contributed by atoms with van der Waals surface area (Å²) < 4.78 is 40.9. The molecular formula is C11H7Br2FN2O2S. The number of benzene rings is 1. The molecule has 0 saturated carbocycles. The molecule has 2 aromatic rings. The minimum Gasteiger partial charge on any atom is -0.277 e. The van der Waals surface area contributed by atoms with Gasteiger partial charge in [0.1, 0.15) is 4.90 Å². The molecule has 0 atom stereocenters. The lowest BCUT2D eigenvalue weighted by molar-refractivity contribution is 0.597. The van der Waals surface area contributed by atoms with Crippen LogP contribution in [0.4, 0.5) is 10.1 Å². The molecule has 0 aliphatic rings. The van der Waals surface area contributed by atoms with Crippen LogP contribution in [0.1, 0.15) is 0 Å². The maximum Gasteiger partial charge on any atom is 0.263 e. The molecule has 2 rings (SSSR count). The monoisotopic (exact) mass is 408 g/mol. The van der Waals surface area contributed by atoms with Crippen LogP contribution in [0.5, 0.6) is 0 Å². The van der Waals surface area contributed by atoms with Gasteiger partial charge in [-0.1, -0.05) is 15.9 Å². The third-order valence-corrected chi connectivity index (χ3v) is 5.05. The first-order valence-electron chi connectivity index (χ1n) is 4.97. The lowest BCUT2D eigenvalue weighted by Gasteiger charge is -2.10. The summed E-state index contributed by atoms with van der Waals surface area (Å²) in [7, 11) is -3.88. The summed E-state index contributed by atoms with van der Waals surface area (Å²) in [5, 5.41) is 0. The van der Waals surface area contributed by atoms with Crippen molar-refractivity contribution in [3.63, 3.8) is 0 Å². The van der Waals surface area contributed by atoms with Crippen molar-refractivity contribution in [3.05, 3.63) is 51.4 Å². The van der Waals surface area contributed by atoms with Gasteiger partial charge in [-0.3, -0.25) is 9.71 Å². The first-order chi connectivity index (χ1) is 8.90. The maximum absolute atomic E-state index is 13.4. The van der Waals surface area contributed by atoms with Crippen LogP contribution >= 0.6 is 31.9 Å². The van der Waals surface area contributed by atoms with Gasteiger partial charge in [0.05, 0.1) is 11.9 Å². The number of nitrogens with zero attached hydrogens (tertiary/aromatic N) is 1. The summed E-state index contributed by atoms with van der Waals surface area (Å²) in [5.41, 5.74) is -0.151. The molecule has 0 aliphatic heterocycles. The molecule has 1 aromatic carbocycles. The van der Waals surface area contributed by atoms with E-state index in [9.17, 15) is 12.8 Å². The van der Waals surface area contributed by atoms with Crippen molar-refractivity contribution in [2.24, 2.45) is 0 Å². The number of anilines is 1. The van der Waals surface area contributed by atoms with Crippen molar-refractivity contribution in [2.75, 3.05) is 4.72 Å². The van der Waals surface area contributed by atoms with Crippen LogP contribution in [0.3, 0.4) is 0 Å². The van der Waals surface area contributed by atoms with E-state index < -0.39 is 15.8 Å². The first kappa shape index (κ1) is 14.4. The van der Waals surface area contributed by atoms with Crippen LogP contribution < -0.4 is 4.72 Å². The predicted octanol–water partition coefficient (Wildman–Crippen LogP) is 3.55. The summed E-state index contributed by atoms with van der Waals surface area (Å²) in [4.78, 5) is 3.56. The number of nitrogens with one attached hydrogen (secondary N) is 1. The zero-order chi connectivity index (χ0) is 14.0. The third-order valence-electron chi connectivity index (χ3n) is 2.20. The van der Waals surface area contributed by atoms with E-state index in [1.807, 2.05) is 0 Å². The van der Waals surface area contributed by atoms with Gasteiger partial charge in [0.25, 0.3) is 10.0 Å². The number of hydrogen-bond donors (Lipinski definition) is 1. The second-order valence-corrected chi connectivity index (χ2v) is 6.96. The molecule has 0 fully saturated rings. The number of aromatic nitrogens is 1. The Morgan fingerprint density at radius 3 is 2.63 bits per heavy atom. The Labute approximate surface area is 126 Å². The fourth-order valence-electron chi connectivity index (χ4n) is 1.34. The number of pyridine rings is 1. The van der Waals surface area contributed by atoms with Crippen LogP contribution in [-0.4, -0.2) is 13.4 Å². The number of hydrogen-bond acceptors (Lipinski definition) is 3. The highest BCUT2D eigenvalue weighted by atomic mass is 79.9. The second kappa shape index (κ2) is 5.56. The Morgan fingerprint density at radius 1 is 1.21 bits per heavy atom. The van der Waals surface area contributed by atoms with Crippen LogP contribution in [-0.2, 0) is 10.0 Å². The molecule has 0 amide bonds. The molecular weight excluding hydrogens is 403 g/mol. The van der Waals surface area contributed by atoms with E-state index in [0.717, 1.165) is 6.20 Å². The highest BCUT2D eigenvalue weighted by Gasteiger charge is 2.19. The molecule has 0 saturated heterocycles. The quantitative estimate of drug-likeness (QED) is 0.843. The topological polar surface area (TPSA) is 59.1 Å². The minimum absolute atomic E-state index is 0.0121. The summed E-state index contributed by atoms with van der Waals surface area (Å²) in [5.74, 6) is -0.739. The van der Waals surface area contributed by atoms with Gasteiger partial charge in [0, 0.05) is 15.1 Å². The Balaban J connectivity index is 2.44. The highest BCUT2D eigenvalue weighted by Crippen LogP contribution is 2.27. The molecule has 0 radical (unpaired) electrons. The Bertz CT molecular complexity index is 722. The number of halogens is 3. The lowest BCUT2D eigenvalue weighted by Crippen LogP contribution is -2.14. The van der Waals surface area contributed by atoms with Gasteiger partial charge in [-0.2, -0.15) is 0 Å². The largest absolute Gasteiger partial charge is 0.277 e. The van der Waals surface area contributed by atoms with Crippen LogP contribution in [0.2, 0.25) is 0 Å². The van der Waals surface area contributed by atoms with Crippen molar-refractivity contribution < 1.29 is 12.8 Å². The SMILES string of the molecule is O=S(=O)(Nc1ccncc1F)c1cc(Br)ccc1Br. The van der Waals surface area contributed by atoms with Gasteiger partial charge in [-0.25, -0.2) is 12.8 Å². The second-order valence-electron chi connectivity index (χ2n) is 3.54. The zero-order valence-corrected chi connectivity index (χ0v) is 13.3. The molecule has 0 bridgehead atoms. The van der Waals surface area contributed by atoms with Gasteiger partial charge in [-0.05, 0) is 40.2 Å². The van der Waals surface area contributed by atoms with Gasteiger partial charge < -0.3 is 0 Å². The summed E-state index contributed by atoms with van der Waals surface area (Å²) in [6.07, 6.45) is 2.24. The van der Waals surface area contributed by atoms with E-state index in [1.165, 1.54) is 18.3 Å². The van der Waals surface area contributed by atoms with Crippen molar-refractivity contribution in [1.82, 2.24) is 4.98 Å². The van der Waals surface area contributed by atoms with E-state index in [2.05, 4.69) is 41.6 Å². The molecule has 1 N–H and O–H groups in total. The van der Waals surface area contributed by atoms with E-state index in [-0.39, 0.29) is 10.6 Å². The molecule has 100 valence electrons. The summed E-state index contributed by atoms with van der Waals surface area (Å²) in [6.45, 7) is 0. The van der Waals surface area contributed by atoms with E-state index in [0.29, 0.717) is 8.95 Å². The average Bonchev–Trinajstić information content (AvgIpc) is 2.35. The van der Waals surface area contributed by atoms with Gasteiger partial charge in [0.15, 0.2) is 5.82 Å². The smallest absolute Gasteiger partial charge is 0.263 e. The average molecular weight is 410 g/mol. The minimum atomic E-state index is -3.88. The lowest BCUT2D eigenvalue weighted by atomic mass is 10.4. The standard InChI is InChI=1S/C11H7Br2FN2O2S/c12-7-1-2-8(13)11(5-7)19(17,18)16-10-3-4-15-6-9(10)14/h1-6H,(H,15,16). The van der Waals surface area contributed by atoms with Crippen molar-refractivity contribution in [2.45, 2.75) is 4.90 Å². The Morgan fingerprint density at radius 2 is 1.95 bits per heavy atom. The van der Waals surface area contributed by atoms with E-state index >= 15 is 0 Å². The normalized spacial score (nSPS) is 11.3. The molecule has 4 nitrogen and oxygen atoms in total. The van der Waals surface area contributed by atoms with Gasteiger partial charge in [-0.15, -0.1) is 0 Å². The molecule has 1 aromatic heterocycles. The van der Waals surface area contributed by atoms with E-state index in [1.54, 1.807) is 12.1 Å². The molecule has 19 heavy (non-hydrogen) atoms. The molecule has 0 aliphatic carbocycles. The van der Waals surface area contributed by atoms with Crippen molar-refractivity contribution >= 4 is 47.6 Å². The predicted molar refractivity (Wildman–Crippen MR) is 76.8 cm³/mol. The molecule has 0 spiro atoms. The van der Waals surface area contributed by atoms with E-state index in [4.69, 9.17) is 0 Å². The van der Waals surface area contributed by atoms with Crippen LogP contribution in [0, 0.1) is 5.82 Å². The Hall–Kier alpha value is -0.990. The number of sulfonamides is 1. The molecule has 0 unspecified atom stereocenters. The third kappa shape index (κ3) is 3.31. The fraction of sp³-hybridized carbons (Fsp3) is 0. The summed E-state index contributed by atoms with van der Waals surface area (Å²) in [6, 6.07) is 5.95. The number of rotatable bonds is 3. The zero-order valence-electron chi connectivity index (χ0n) is 9.27. The van der Waals surface area contributed by atoms with Crippen molar-refractivity contribution in [1.29, 1.82) is 0 Å². The maximum atomic E-state index is 13.4. The first-order valence-corrected chi connectivity index (χ1v) is 8.04. The van der Waals surface area contributed by atoms with Gasteiger partial charge in [0.2, 0.25) is 0 Å².